The van der Waals surface area contributed by atoms with Gasteiger partial charge >= 0.3 is 0 Å². The van der Waals surface area contributed by atoms with Crippen LogP contribution < -0.4 is 10.0 Å². The van der Waals surface area contributed by atoms with Crippen LogP contribution in [0.3, 0.4) is 0 Å². The fourth-order valence-corrected chi connectivity index (χ4v) is 5.31. The van der Waals surface area contributed by atoms with Crippen LogP contribution >= 0.6 is 7.80 Å². The van der Waals surface area contributed by atoms with Gasteiger partial charge in [0.2, 0.25) is 5.52 Å². The van der Waals surface area contributed by atoms with Crippen LogP contribution in [0.2, 0.25) is 0 Å². The van der Waals surface area contributed by atoms with Crippen molar-refractivity contribution in [1.29, 1.82) is 0 Å². The number of ether oxygens (including phenoxy) is 1. The number of hydrogen-bond acceptors (Lipinski definition) is 3. The van der Waals surface area contributed by atoms with Gasteiger partial charge in [-0.15, -0.1) is 0 Å². The van der Waals surface area contributed by atoms with Crippen LogP contribution in [0.15, 0.2) is 60.7 Å². The van der Waals surface area contributed by atoms with Gasteiger partial charge in [0, 0.05) is 10.9 Å². The molecule has 31 heavy (non-hydrogen) atoms. The number of carbonyl (C=O) groups excluding carboxylic acids is 1. The molecular formula is C27H30O3P. The Bertz CT molecular complexity index is 1060. The van der Waals surface area contributed by atoms with Crippen LogP contribution in [-0.2, 0) is 4.57 Å². The van der Waals surface area contributed by atoms with Gasteiger partial charge in [0.15, 0.2) is 7.80 Å². The van der Waals surface area contributed by atoms with Crippen molar-refractivity contribution >= 4 is 18.6 Å². The first-order valence-electron chi connectivity index (χ1n) is 10.8. The molecule has 0 amide bonds. The lowest BCUT2D eigenvalue weighted by Crippen LogP contribution is -2.10. The Morgan fingerprint density at radius 3 is 2.19 bits per heavy atom. The Balaban J connectivity index is 1.87. The molecule has 3 aromatic carbocycles. The van der Waals surface area contributed by atoms with Crippen molar-refractivity contribution in [2.45, 2.75) is 47.0 Å². The summed E-state index contributed by atoms with van der Waals surface area (Å²) in [6.07, 6.45) is 3.37. The van der Waals surface area contributed by atoms with Crippen molar-refractivity contribution < 1.29 is 14.1 Å². The van der Waals surface area contributed by atoms with E-state index in [2.05, 4.69) is 6.92 Å². The molecule has 0 aliphatic carbocycles. The lowest BCUT2D eigenvalue weighted by atomic mass is 10.0. The van der Waals surface area contributed by atoms with Crippen molar-refractivity contribution in [3.63, 3.8) is 0 Å². The highest BCUT2D eigenvalue weighted by atomic mass is 31.1. The first-order valence-corrected chi connectivity index (χ1v) is 12.1. The molecule has 0 fully saturated rings. The molecule has 0 heterocycles. The topological polar surface area (TPSA) is 43.4 Å². The van der Waals surface area contributed by atoms with Crippen molar-refractivity contribution in [2.24, 2.45) is 0 Å². The average molecular weight is 434 g/mol. The molecule has 1 atom stereocenters. The van der Waals surface area contributed by atoms with Crippen LogP contribution in [0.1, 0.15) is 53.2 Å². The standard InChI is InChI=1S/C27H30O3P/c1-5-6-9-16-30-23-14-12-22(13-15-23)24-10-7-8-11-25(24)31(29)27(28)26-20(3)17-19(2)18-21(26)4/h7-8,10-15,17-18H,5-6,9,16H2,1-4H3. The van der Waals surface area contributed by atoms with Gasteiger partial charge in [-0.25, -0.2) is 0 Å². The van der Waals surface area contributed by atoms with E-state index < -0.39 is 7.80 Å². The van der Waals surface area contributed by atoms with Gasteiger partial charge in [-0.2, -0.15) is 0 Å². The van der Waals surface area contributed by atoms with E-state index in [1.807, 2.05) is 75.4 Å². The third-order valence-electron chi connectivity index (χ3n) is 5.38. The Labute approximate surface area is 186 Å². The second-order valence-electron chi connectivity index (χ2n) is 7.97. The molecular weight excluding hydrogens is 403 g/mol. The average Bonchev–Trinajstić information content (AvgIpc) is 2.76. The second kappa shape index (κ2) is 10.5. The van der Waals surface area contributed by atoms with Crippen LogP contribution in [-0.4, -0.2) is 12.1 Å². The Kier molecular flexibility index (Phi) is 7.76. The van der Waals surface area contributed by atoms with E-state index in [1.54, 1.807) is 6.07 Å². The summed E-state index contributed by atoms with van der Waals surface area (Å²) >= 11 is 0. The molecule has 161 valence electrons. The molecule has 4 heteroatoms. The molecule has 3 aromatic rings. The summed E-state index contributed by atoms with van der Waals surface area (Å²) in [6, 6.07) is 19.2. The molecule has 0 N–H and O–H groups in total. The lowest BCUT2D eigenvalue weighted by molar-refractivity contribution is 0.107. The Morgan fingerprint density at radius 2 is 1.55 bits per heavy atom. The second-order valence-corrected chi connectivity index (χ2v) is 9.45. The first-order chi connectivity index (χ1) is 14.9. The summed E-state index contributed by atoms with van der Waals surface area (Å²) in [7, 11) is -2.24. The zero-order valence-electron chi connectivity index (χ0n) is 18.8. The van der Waals surface area contributed by atoms with Crippen molar-refractivity contribution in [3.8, 4) is 16.9 Å². The fraction of sp³-hybridized carbons (Fsp3) is 0.296. The molecule has 3 nitrogen and oxygen atoms in total. The van der Waals surface area contributed by atoms with Crippen LogP contribution in [0, 0.1) is 20.8 Å². The minimum atomic E-state index is -2.24. The number of aryl methyl sites for hydroxylation is 3. The third-order valence-corrected chi connectivity index (χ3v) is 6.80. The lowest BCUT2D eigenvalue weighted by Gasteiger charge is -2.13. The molecule has 0 aliphatic heterocycles. The number of unbranched alkanes of at least 4 members (excludes halogenated alkanes) is 2. The maximum absolute atomic E-state index is 13.4. The molecule has 0 aliphatic rings. The largest absolute Gasteiger partial charge is 0.494 e. The van der Waals surface area contributed by atoms with Crippen LogP contribution in [0.5, 0.6) is 5.75 Å². The van der Waals surface area contributed by atoms with Gasteiger partial charge in [-0.1, -0.05) is 67.8 Å². The first kappa shape index (κ1) is 22.9. The van der Waals surface area contributed by atoms with Crippen LogP contribution in [0.4, 0.5) is 0 Å². The predicted octanol–water partition coefficient (Wildman–Crippen LogP) is 7.14. The van der Waals surface area contributed by atoms with Crippen molar-refractivity contribution in [2.75, 3.05) is 6.61 Å². The van der Waals surface area contributed by atoms with Gasteiger partial charge < -0.3 is 4.74 Å². The minimum absolute atomic E-state index is 0.312. The zero-order chi connectivity index (χ0) is 22.4. The van der Waals surface area contributed by atoms with Gasteiger partial charge in [0.25, 0.3) is 0 Å². The zero-order valence-corrected chi connectivity index (χ0v) is 19.7. The number of hydrogen-bond donors (Lipinski definition) is 0. The smallest absolute Gasteiger partial charge is 0.247 e. The number of rotatable bonds is 9. The normalized spacial score (nSPS) is 11.3. The quantitative estimate of drug-likeness (QED) is 0.266. The molecule has 1 radical (unpaired) electrons. The summed E-state index contributed by atoms with van der Waals surface area (Å²) in [5, 5.41) is 0.568. The molecule has 0 bridgehead atoms. The summed E-state index contributed by atoms with van der Waals surface area (Å²) in [6.45, 7) is 8.69. The van der Waals surface area contributed by atoms with E-state index in [-0.39, 0.29) is 5.52 Å². The van der Waals surface area contributed by atoms with E-state index in [9.17, 15) is 9.36 Å². The molecule has 1 unspecified atom stereocenters. The highest BCUT2D eigenvalue weighted by Crippen LogP contribution is 2.34. The summed E-state index contributed by atoms with van der Waals surface area (Å²) in [4.78, 5) is 13.2. The van der Waals surface area contributed by atoms with Crippen molar-refractivity contribution in [3.05, 3.63) is 82.9 Å². The van der Waals surface area contributed by atoms with Gasteiger partial charge in [0.1, 0.15) is 5.75 Å². The predicted molar refractivity (Wildman–Crippen MR) is 129 cm³/mol. The Hall–Kier alpha value is -2.77. The fourth-order valence-electron chi connectivity index (χ4n) is 3.90. The maximum Gasteiger partial charge on any atom is 0.247 e. The Morgan fingerprint density at radius 1 is 0.903 bits per heavy atom. The summed E-state index contributed by atoms with van der Waals surface area (Å²) in [5.74, 6) is 0.823. The highest BCUT2D eigenvalue weighted by Gasteiger charge is 2.24. The molecule has 0 spiro atoms. The van der Waals surface area contributed by atoms with Crippen molar-refractivity contribution in [1.82, 2.24) is 0 Å². The van der Waals surface area contributed by atoms with E-state index in [0.717, 1.165) is 52.8 Å². The maximum atomic E-state index is 13.4. The minimum Gasteiger partial charge on any atom is -0.494 e. The summed E-state index contributed by atoms with van der Waals surface area (Å²) in [5.41, 5.74) is 4.83. The van der Waals surface area contributed by atoms with Crippen LogP contribution in [0.25, 0.3) is 11.1 Å². The third kappa shape index (κ3) is 5.48. The van der Waals surface area contributed by atoms with E-state index >= 15 is 0 Å². The number of carbonyl (C=O) groups is 1. The number of benzene rings is 3. The molecule has 3 rings (SSSR count). The van der Waals surface area contributed by atoms with Gasteiger partial charge in [-0.3, -0.25) is 9.36 Å². The molecule has 0 saturated heterocycles. The van der Waals surface area contributed by atoms with E-state index in [1.165, 1.54) is 0 Å². The van der Waals surface area contributed by atoms with Gasteiger partial charge in [0.05, 0.1) is 6.61 Å². The van der Waals surface area contributed by atoms with E-state index in [4.69, 9.17) is 4.74 Å². The molecule has 0 aromatic heterocycles. The van der Waals surface area contributed by atoms with Gasteiger partial charge in [-0.05, 0) is 67.6 Å². The SMILES string of the molecule is CCCCCOc1ccc(-c2ccccc2[P](=O)C(=O)c2c(C)cc(C)cc2C)cc1. The highest BCUT2D eigenvalue weighted by molar-refractivity contribution is 7.71. The summed E-state index contributed by atoms with van der Waals surface area (Å²) < 4.78 is 19.2. The van der Waals surface area contributed by atoms with E-state index in [0.29, 0.717) is 17.5 Å². The monoisotopic (exact) mass is 433 g/mol. The molecule has 0 saturated carbocycles.